The van der Waals surface area contributed by atoms with E-state index >= 15 is 0 Å². The lowest BCUT2D eigenvalue weighted by atomic mass is 9.82. The maximum atomic E-state index is 11.8. The van der Waals surface area contributed by atoms with Crippen LogP contribution in [0.2, 0.25) is 25.2 Å². The van der Waals surface area contributed by atoms with E-state index in [1.54, 1.807) is 0 Å². The monoisotopic (exact) mass is 272 g/mol. The minimum Gasteiger partial charge on any atom is -0.481 e. The van der Waals surface area contributed by atoms with E-state index in [-0.39, 0.29) is 5.54 Å². The van der Waals surface area contributed by atoms with E-state index in [0.29, 0.717) is 0 Å². The Balaban J connectivity index is 3.10. The standard InChI is InChI=1S/C12H20O5Si/c1-6(10(13)14)8-9(7(2)18(3,4)5)12(16)17-11(8)15/h6-9H,1-5H3,(H,13,14). The first-order chi connectivity index (χ1) is 8.07. The van der Waals surface area contributed by atoms with Gasteiger partial charge in [0.2, 0.25) is 0 Å². The zero-order chi connectivity index (χ0) is 14.2. The summed E-state index contributed by atoms with van der Waals surface area (Å²) in [5.74, 6) is -4.68. The Bertz CT molecular complexity index is 384. The number of ether oxygens (including phenoxy) is 1. The van der Waals surface area contributed by atoms with Crippen LogP contribution in [-0.4, -0.2) is 31.1 Å². The molecule has 0 aromatic heterocycles. The molecule has 1 aliphatic rings. The Morgan fingerprint density at radius 2 is 1.61 bits per heavy atom. The predicted octanol–water partition coefficient (Wildman–Crippen LogP) is 1.75. The molecule has 1 N–H and O–H groups in total. The fraction of sp³-hybridized carbons (Fsp3) is 0.750. The number of esters is 2. The Morgan fingerprint density at radius 3 is 2.00 bits per heavy atom. The molecule has 4 unspecified atom stereocenters. The Morgan fingerprint density at radius 1 is 1.17 bits per heavy atom. The van der Waals surface area contributed by atoms with E-state index in [1.807, 2.05) is 6.92 Å². The number of carbonyl (C=O) groups excluding carboxylic acids is 2. The second-order valence-electron chi connectivity index (χ2n) is 6.07. The molecule has 1 rings (SSSR count). The van der Waals surface area contributed by atoms with E-state index in [2.05, 4.69) is 24.4 Å². The summed E-state index contributed by atoms with van der Waals surface area (Å²) in [6, 6.07) is 0. The van der Waals surface area contributed by atoms with Gasteiger partial charge in [-0.3, -0.25) is 14.4 Å². The summed E-state index contributed by atoms with van der Waals surface area (Å²) < 4.78 is 4.66. The van der Waals surface area contributed by atoms with Crippen LogP contribution < -0.4 is 0 Å². The van der Waals surface area contributed by atoms with Crippen molar-refractivity contribution in [3.63, 3.8) is 0 Å². The van der Waals surface area contributed by atoms with Gasteiger partial charge >= 0.3 is 17.9 Å². The van der Waals surface area contributed by atoms with Crippen LogP contribution in [0.15, 0.2) is 0 Å². The van der Waals surface area contributed by atoms with Gasteiger partial charge in [-0.25, -0.2) is 0 Å². The third kappa shape index (κ3) is 2.63. The van der Waals surface area contributed by atoms with Crippen molar-refractivity contribution in [1.29, 1.82) is 0 Å². The average molecular weight is 272 g/mol. The number of rotatable bonds is 4. The van der Waals surface area contributed by atoms with Crippen molar-refractivity contribution in [2.24, 2.45) is 17.8 Å². The molecule has 0 saturated carbocycles. The largest absolute Gasteiger partial charge is 0.481 e. The van der Waals surface area contributed by atoms with Crippen LogP contribution in [0.1, 0.15) is 13.8 Å². The first-order valence-corrected chi connectivity index (χ1v) is 9.63. The van der Waals surface area contributed by atoms with Gasteiger partial charge in [0, 0.05) is 8.07 Å². The molecule has 102 valence electrons. The molecular weight excluding hydrogens is 252 g/mol. The van der Waals surface area contributed by atoms with E-state index in [0.717, 1.165) is 0 Å². The zero-order valence-electron chi connectivity index (χ0n) is 11.4. The smallest absolute Gasteiger partial charge is 0.318 e. The van der Waals surface area contributed by atoms with Crippen molar-refractivity contribution < 1.29 is 24.2 Å². The molecule has 4 atom stereocenters. The van der Waals surface area contributed by atoms with Gasteiger partial charge in [-0.2, -0.15) is 0 Å². The van der Waals surface area contributed by atoms with Gasteiger partial charge in [0.25, 0.3) is 0 Å². The van der Waals surface area contributed by atoms with Crippen LogP contribution in [-0.2, 0) is 19.1 Å². The molecule has 0 spiro atoms. The maximum absolute atomic E-state index is 11.8. The van der Waals surface area contributed by atoms with Crippen LogP contribution in [0.25, 0.3) is 0 Å². The van der Waals surface area contributed by atoms with Crippen molar-refractivity contribution in [2.75, 3.05) is 0 Å². The minimum atomic E-state index is -1.67. The summed E-state index contributed by atoms with van der Waals surface area (Å²) >= 11 is 0. The molecule has 0 bridgehead atoms. The molecule has 18 heavy (non-hydrogen) atoms. The summed E-state index contributed by atoms with van der Waals surface area (Å²) in [6.07, 6.45) is 0. The van der Waals surface area contributed by atoms with Crippen molar-refractivity contribution in [1.82, 2.24) is 0 Å². The number of hydrogen-bond donors (Lipinski definition) is 1. The third-order valence-corrected chi connectivity index (χ3v) is 7.06. The highest BCUT2D eigenvalue weighted by atomic mass is 28.3. The average Bonchev–Trinajstić information content (AvgIpc) is 2.49. The summed E-state index contributed by atoms with van der Waals surface area (Å²) in [5, 5.41) is 9.04. The van der Waals surface area contributed by atoms with Crippen molar-refractivity contribution in [3.05, 3.63) is 0 Å². The van der Waals surface area contributed by atoms with E-state index in [9.17, 15) is 14.4 Å². The van der Waals surface area contributed by atoms with Gasteiger partial charge in [-0.05, 0) is 5.54 Å². The highest BCUT2D eigenvalue weighted by molar-refractivity contribution is 6.77. The van der Waals surface area contributed by atoms with E-state index in [1.165, 1.54) is 6.92 Å². The van der Waals surface area contributed by atoms with Gasteiger partial charge in [0.05, 0.1) is 17.8 Å². The second-order valence-corrected chi connectivity index (χ2v) is 11.7. The van der Waals surface area contributed by atoms with Gasteiger partial charge in [-0.15, -0.1) is 0 Å². The number of cyclic esters (lactones) is 2. The Kier molecular flexibility index (Phi) is 4.00. The molecule has 0 amide bonds. The summed E-state index contributed by atoms with van der Waals surface area (Å²) in [6.45, 7) is 9.65. The highest BCUT2D eigenvalue weighted by Crippen LogP contribution is 2.42. The van der Waals surface area contributed by atoms with Gasteiger partial charge in [0.15, 0.2) is 0 Å². The Labute approximate surface area is 108 Å². The quantitative estimate of drug-likeness (QED) is 0.479. The summed E-state index contributed by atoms with van der Waals surface area (Å²) in [5.41, 5.74) is 0.00301. The predicted molar refractivity (Wildman–Crippen MR) is 67.6 cm³/mol. The van der Waals surface area contributed by atoms with E-state index < -0.39 is 43.7 Å². The first kappa shape index (κ1) is 14.9. The molecule has 0 radical (unpaired) electrons. The van der Waals surface area contributed by atoms with Crippen LogP contribution in [0.4, 0.5) is 0 Å². The lowest BCUT2D eigenvalue weighted by molar-refractivity contribution is -0.156. The van der Waals surface area contributed by atoms with Crippen molar-refractivity contribution in [3.8, 4) is 0 Å². The maximum Gasteiger partial charge on any atom is 0.318 e. The molecule has 1 aliphatic heterocycles. The molecule has 0 aliphatic carbocycles. The number of carbonyl (C=O) groups is 3. The van der Waals surface area contributed by atoms with Crippen molar-refractivity contribution in [2.45, 2.75) is 39.0 Å². The van der Waals surface area contributed by atoms with Crippen LogP contribution in [0.5, 0.6) is 0 Å². The van der Waals surface area contributed by atoms with Crippen LogP contribution in [0.3, 0.4) is 0 Å². The molecule has 0 aromatic rings. The first-order valence-electron chi connectivity index (χ1n) is 6.05. The van der Waals surface area contributed by atoms with Crippen LogP contribution >= 0.6 is 0 Å². The van der Waals surface area contributed by atoms with Crippen molar-refractivity contribution >= 4 is 26.0 Å². The lowest BCUT2D eigenvalue weighted by Crippen LogP contribution is -2.39. The van der Waals surface area contributed by atoms with Gasteiger partial charge in [-0.1, -0.05) is 33.5 Å². The fourth-order valence-corrected chi connectivity index (χ4v) is 3.67. The molecule has 1 saturated heterocycles. The molecule has 1 fully saturated rings. The summed E-state index contributed by atoms with van der Waals surface area (Å²) in [4.78, 5) is 34.5. The topological polar surface area (TPSA) is 80.7 Å². The number of hydrogen-bond acceptors (Lipinski definition) is 4. The van der Waals surface area contributed by atoms with E-state index in [4.69, 9.17) is 5.11 Å². The third-order valence-electron chi connectivity index (χ3n) is 3.97. The number of aliphatic carboxylic acids is 1. The number of carboxylic acids is 1. The number of carboxylic acid groups (broad SMARTS) is 1. The Hall–Kier alpha value is -1.17. The molecular formula is C12H20O5Si. The van der Waals surface area contributed by atoms with Gasteiger partial charge < -0.3 is 9.84 Å². The highest BCUT2D eigenvalue weighted by Gasteiger charge is 2.53. The minimum absolute atomic E-state index is 0.00301. The summed E-state index contributed by atoms with van der Waals surface area (Å²) in [7, 11) is -1.67. The SMILES string of the molecule is CC(C(=O)O)C1C(=O)OC(=O)C1C(C)[Si](C)(C)C. The fourth-order valence-electron chi connectivity index (χ4n) is 2.25. The second kappa shape index (κ2) is 4.83. The molecule has 5 nitrogen and oxygen atoms in total. The zero-order valence-corrected chi connectivity index (χ0v) is 12.4. The molecule has 1 heterocycles. The van der Waals surface area contributed by atoms with Crippen LogP contribution in [0, 0.1) is 17.8 Å². The normalized spacial score (nSPS) is 27.8. The lowest BCUT2D eigenvalue weighted by Gasteiger charge is -2.31. The molecule has 0 aromatic carbocycles. The molecule has 6 heteroatoms. The van der Waals surface area contributed by atoms with Gasteiger partial charge in [0.1, 0.15) is 0 Å².